The van der Waals surface area contributed by atoms with Crippen molar-refractivity contribution >= 4 is 27.8 Å². The zero-order valence-corrected chi connectivity index (χ0v) is 21.7. The molecule has 1 saturated heterocycles. The van der Waals surface area contributed by atoms with Crippen LogP contribution in [0.2, 0.25) is 0 Å². The predicted molar refractivity (Wildman–Crippen MR) is 155 cm³/mol. The first-order chi connectivity index (χ1) is 19.3. The Hall–Kier alpha value is -4.56. The number of benzene rings is 2. The van der Waals surface area contributed by atoms with Gasteiger partial charge in [0.15, 0.2) is 11.5 Å². The van der Waals surface area contributed by atoms with Crippen molar-refractivity contribution in [1.29, 1.82) is 0 Å². The highest BCUT2D eigenvalue weighted by Gasteiger charge is 2.19. The van der Waals surface area contributed by atoms with E-state index in [1.165, 1.54) is 30.5 Å². The number of hydrogen-bond donors (Lipinski definition) is 3. The second-order valence-electron chi connectivity index (χ2n) is 10.1. The number of rotatable bonds is 7. The minimum Gasteiger partial charge on any atom is -0.370 e. The standard InChI is InChI=1S/C31H30N8/c1-3-8-21(9-4-1)17-32-18-22-16-23(20-33-19-22)24-12-13-26-29(34-24)30(38-37-26)31-35-25-10-7-11-27(28(25)36-31)39-14-5-2-6-15-39/h1,3-4,7-13,16,19-20,32H,2,5-6,14-15,17-18H2,(H,35,36)(H,37,38). The molecule has 0 bridgehead atoms. The molecule has 3 N–H and O–H groups in total. The molecule has 1 aliphatic rings. The maximum absolute atomic E-state index is 5.02. The van der Waals surface area contributed by atoms with Crippen LogP contribution in [-0.4, -0.2) is 43.2 Å². The van der Waals surface area contributed by atoms with E-state index >= 15 is 0 Å². The highest BCUT2D eigenvalue weighted by atomic mass is 15.2. The summed E-state index contributed by atoms with van der Waals surface area (Å²) in [5, 5.41) is 11.2. The minimum atomic E-state index is 0.723. The summed E-state index contributed by atoms with van der Waals surface area (Å²) in [6.07, 6.45) is 7.51. The molecule has 194 valence electrons. The fourth-order valence-corrected chi connectivity index (χ4v) is 5.42. The number of anilines is 1. The number of aromatic amines is 2. The van der Waals surface area contributed by atoms with Gasteiger partial charge in [-0.2, -0.15) is 5.10 Å². The Balaban J connectivity index is 1.18. The van der Waals surface area contributed by atoms with Gasteiger partial charge in [0.2, 0.25) is 0 Å². The van der Waals surface area contributed by atoms with Crippen LogP contribution in [0.5, 0.6) is 0 Å². The SMILES string of the molecule is c1ccc(CNCc2cncc(-c3ccc4[nH]nc(-c5nc6c(N7CCCCC7)cccc6[nH]5)c4n3)c2)cc1. The minimum absolute atomic E-state index is 0.723. The first kappa shape index (κ1) is 23.5. The first-order valence-electron chi connectivity index (χ1n) is 13.6. The van der Waals surface area contributed by atoms with Crippen molar-refractivity contribution in [2.45, 2.75) is 32.4 Å². The van der Waals surface area contributed by atoms with E-state index < -0.39 is 0 Å². The van der Waals surface area contributed by atoms with Gasteiger partial charge in [-0.25, -0.2) is 9.97 Å². The number of pyridine rings is 2. The molecule has 0 spiro atoms. The Morgan fingerprint density at radius 1 is 0.769 bits per heavy atom. The summed E-state index contributed by atoms with van der Waals surface area (Å²) >= 11 is 0. The van der Waals surface area contributed by atoms with Gasteiger partial charge in [-0.1, -0.05) is 36.4 Å². The van der Waals surface area contributed by atoms with Crippen molar-refractivity contribution in [2.75, 3.05) is 18.0 Å². The number of nitrogens with one attached hydrogen (secondary N) is 3. The van der Waals surface area contributed by atoms with Crippen LogP contribution in [-0.2, 0) is 13.1 Å². The average Bonchev–Trinajstić information content (AvgIpc) is 3.62. The monoisotopic (exact) mass is 514 g/mol. The Labute approximate surface area is 226 Å². The van der Waals surface area contributed by atoms with Crippen molar-refractivity contribution < 1.29 is 0 Å². The molecule has 5 heterocycles. The molecule has 6 aromatic rings. The fraction of sp³-hybridized carbons (Fsp3) is 0.226. The maximum atomic E-state index is 5.02. The Kier molecular flexibility index (Phi) is 6.22. The summed E-state index contributed by atoms with van der Waals surface area (Å²) in [6, 6.07) is 22.9. The summed E-state index contributed by atoms with van der Waals surface area (Å²) < 4.78 is 0. The van der Waals surface area contributed by atoms with Crippen LogP contribution in [0.15, 0.2) is 79.1 Å². The van der Waals surface area contributed by atoms with Crippen LogP contribution in [0.1, 0.15) is 30.4 Å². The molecular formula is C31H30N8. The third-order valence-corrected chi connectivity index (χ3v) is 7.41. The van der Waals surface area contributed by atoms with Gasteiger partial charge in [0.25, 0.3) is 0 Å². The molecule has 1 aliphatic heterocycles. The van der Waals surface area contributed by atoms with E-state index in [-0.39, 0.29) is 0 Å². The lowest BCUT2D eigenvalue weighted by atomic mass is 10.1. The van der Waals surface area contributed by atoms with E-state index in [0.29, 0.717) is 0 Å². The number of aromatic nitrogens is 6. The highest BCUT2D eigenvalue weighted by Crippen LogP contribution is 2.32. The normalized spacial score (nSPS) is 13.9. The topological polar surface area (TPSA) is 98.4 Å². The van der Waals surface area contributed by atoms with Gasteiger partial charge in [-0.3, -0.25) is 10.1 Å². The molecule has 0 amide bonds. The van der Waals surface area contributed by atoms with Gasteiger partial charge in [0, 0.05) is 44.1 Å². The van der Waals surface area contributed by atoms with Crippen LogP contribution in [0.3, 0.4) is 0 Å². The van der Waals surface area contributed by atoms with E-state index in [1.807, 2.05) is 30.6 Å². The first-order valence-corrected chi connectivity index (χ1v) is 13.6. The second kappa shape index (κ2) is 10.3. The third-order valence-electron chi connectivity index (χ3n) is 7.41. The van der Waals surface area contributed by atoms with Crippen molar-refractivity contribution in [3.63, 3.8) is 0 Å². The molecule has 2 aromatic carbocycles. The van der Waals surface area contributed by atoms with Crippen molar-refractivity contribution in [2.24, 2.45) is 0 Å². The van der Waals surface area contributed by atoms with Gasteiger partial charge >= 0.3 is 0 Å². The van der Waals surface area contributed by atoms with E-state index in [9.17, 15) is 0 Å². The van der Waals surface area contributed by atoms with Crippen molar-refractivity contribution in [3.05, 3.63) is 90.3 Å². The van der Waals surface area contributed by atoms with Gasteiger partial charge in [-0.05, 0) is 60.7 Å². The van der Waals surface area contributed by atoms with Crippen LogP contribution >= 0.6 is 0 Å². The molecule has 0 saturated carbocycles. The summed E-state index contributed by atoms with van der Waals surface area (Å²) in [6.45, 7) is 3.69. The lowest BCUT2D eigenvalue weighted by Gasteiger charge is -2.28. The van der Waals surface area contributed by atoms with E-state index in [1.54, 1.807) is 0 Å². The number of nitrogens with zero attached hydrogens (tertiary/aromatic N) is 5. The zero-order chi connectivity index (χ0) is 26.0. The predicted octanol–water partition coefficient (Wildman–Crippen LogP) is 5.84. The quantitative estimate of drug-likeness (QED) is 0.247. The average molecular weight is 515 g/mol. The molecule has 7 rings (SSSR count). The van der Waals surface area contributed by atoms with E-state index in [0.717, 1.165) is 76.6 Å². The maximum Gasteiger partial charge on any atom is 0.161 e. The number of para-hydroxylation sites is 1. The number of piperidine rings is 1. The fourth-order valence-electron chi connectivity index (χ4n) is 5.42. The lowest BCUT2D eigenvalue weighted by molar-refractivity contribution is 0.579. The smallest absolute Gasteiger partial charge is 0.161 e. The molecule has 0 radical (unpaired) electrons. The third kappa shape index (κ3) is 4.75. The Morgan fingerprint density at radius 2 is 1.64 bits per heavy atom. The number of hydrogen-bond acceptors (Lipinski definition) is 6. The summed E-state index contributed by atoms with van der Waals surface area (Å²) in [4.78, 5) is 20.5. The molecular weight excluding hydrogens is 484 g/mol. The molecule has 1 fully saturated rings. The van der Waals surface area contributed by atoms with Crippen LogP contribution in [0.25, 0.3) is 44.8 Å². The number of H-pyrrole nitrogens is 2. The Morgan fingerprint density at radius 3 is 2.54 bits per heavy atom. The molecule has 0 aliphatic carbocycles. The number of imidazole rings is 1. The van der Waals surface area contributed by atoms with Crippen LogP contribution < -0.4 is 10.2 Å². The molecule has 0 atom stereocenters. The van der Waals surface area contributed by atoms with E-state index in [4.69, 9.17) is 9.97 Å². The van der Waals surface area contributed by atoms with Crippen molar-refractivity contribution in [1.82, 2.24) is 35.5 Å². The second-order valence-corrected chi connectivity index (χ2v) is 10.1. The number of fused-ring (bicyclic) bond motifs is 2. The van der Waals surface area contributed by atoms with Gasteiger partial charge in [-0.15, -0.1) is 0 Å². The van der Waals surface area contributed by atoms with Crippen molar-refractivity contribution in [3.8, 4) is 22.8 Å². The van der Waals surface area contributed by atoms with E-state index in [2.05, 4.69) is 78.9 Å². The van der Waals surface area contributed by atoms with Gasteiger partial charge in [0.05, 0.1) is 22.4 Å². The van der Waals surface area contributed by atoms with Gasteiger partial charge < -0.3 is 15.2 Å². The molecule has 0 unspecified atom stereocenters. The largest absolute Gasteiger partial charge is 0.370 e. The Bertz CT molecular complexity index is 1730. The molecule has 8 nitrogen and oxygen atoms in total. The molecule has 4 aromatic heterocycles. The highest BCUT2D eigenvalue weighted by molar-refractivity contribution is 5.95. The summed E-state index contributed by atoms with van der Waals surface area (Å²) in [5.41, 5.74) is 9.77. The lowest BCUT2D eigenvalue weighted by Crippen LogP contribution is -2.29. The van der Waals surface area contributed by atoms with Crippen LogP contribution in [0, 0.1) is 0 Å². The summed E-state index contributed by atoms with van der Waals surface area (Å²) in [7, 11) is 0. The van der Waals surface area contributed by atoms with Crippen LogP contribution in [0.4, 0.5) is 5.69 Å². The summed E-state index contributed by atoms with van der Waals surface area (Å²) in [5.74, 6) is 0.724. The zero-order valence-electron chi connectivity index (χ0n) is 21.7. The molecule has 39 heavy (non-hydrogen) atoms. The molecule has 8 heteroatoms. The van der Waals surface area contributed by atoms with Gasteiger partial charge in [0.1, 0.15) is 11.0 Å².